The Bertz CT molecular complexity index is 1200. The van der Waals surface area contributed by atoms with Gasteiger partial charge in [-0.15, -0.1) is 0 Å². The number of sulfone groups is 1. The van der Waals surface area contributed by atoms with Crippen LogP contribution in [0, 0.1) is 5.82 Å². The second kappa shape index (κ2) is 11.5. The Balaban J connectivity index is 1.49. The first-order valence-electron chi connectivity index (χ1n) is 12.4. The molecule has 2 aliphatic rings. The van der Waals surface area contributed by atoms with E-state index in [9.17, 15) is 17.6 Å². The van der Waals surface area contributed by atoms with Crippen molar-refractivity contribution in [2.75, 3.05) is 57.9 Å². The molecule has 1 saturated heterocycles. The largest absolute Gasteiger partial charge is 0.322 e. The van der Waals surface area contributed by atoms with Gasteiger partial charge in [-0.2, -0.15) is 0 Å². The topological polar surface area (TPSA) is 73.0 Å². The number of halogens is 2. The van der Waals surface area contributed by atoms with Crippen LogP contribution in [-0.4, -0.2) is 87.8 Å². The Hall–Kier alpha value is -2.20. The van der Waals surface area contributed by atoms with Gasteiger partial charge in [-0.3, -0.25) is 0 Å². The van der Waals surface area contributed by atoms with Crippen molar-refractivity contribution >= 4 is 33.2 Å². The van der Waals surface area contributed by atoms with Crippen molar-refractivity contribution in [1.82, 2.24) is 14.7 Å². The lowest BCUT2D eigenvalue weighted by Crippen LogP contribution is -2.48. The van der Waals surface area contributed by atoms with Gasteiger partial charge in [-0.1, -0.05) is 17.7 Å². The third kappa shape index (κ3) is 6.76. The minimum absolute atomic E-state index is 0.0469. The molecule has 1 aliphatic heterocycles. The highest BCUT2D eigenvalue weighted by atomic mass is 35.5. The second-order valence-corrected chi connectivity index (χ2v) is 12.3. The van der Waals surface area contributed by atoms with Crippen molar-refractivity contribution in [2.24, 2.45) is 0 Å². The number of nitrogens with one attached hydrogen (secondary N) is 1. The average molecular weight is 537 g/mol. The van der Waals surface area contributed by atoms with E-state index in [0.29, 0.717) is 23.5 Å². The maximum Gasteiger partial charge on any atom is 0.322 e. The number of urea groups is 1. The Morgan fingerprint density at radius 2 is 1.89 bits per heavy atom. The summed E-state index contributed by atoms with van der Waals surface area (Å²) in [5.41, 5.74) is 2.53. The average Bonchev–Trinajstić information content (AvgIpc) is 2.84. The van der Waals surface area contributed by atoms with Crippen LogP contribution in [0.1, 0.15) is 24.0 Å². The van der Waals surface area contributed by atoms with Crippen LogP contribution in [0.25, 0.3) is 0 Å². The lowest BCUT2D eigenvalue weighted by atomic mass is 9.87. The molecule has 0 bridgehead atoms. The molecule has 1 aliphatic carbocycles. The SMILES string of the molecule is CN1CCN(CCCN(C(=O)Nc2ccc(F)c(Cl)c2)C2CCc3ccc(S(C)(=O)=O)cc3C2)CC1. The summed E-state index contributed by atoms with van der Waals surface area (Å²) in [6, 6.07) is 9.10. The zero-order valence-corrected chi connectivity index (χ0v) is 22.4. The molecule has 1 atom stereocenters. The molecule has 2 amide bonds. The summed E-state index contributed by atoms with van der Waals surface area (Å²) in [6.45, 7) is 5.58. The first-order chi connectivity index (χ1) is 17.1. The molecule has 4 rings (SSSR count). The molecule has 1 heterocycles. The molecule has 0 radical (unpaired) electrons. The predicted molar refractivity (Wildman–Crippen MR) is 141 cm³/mol. The Kier molecular flexibility index (Phi) is 8.55. The van der Waals surface area contributed by atoms with Crippen LogP contribution >= 0.6 is 11.6 Å². The zero-order chi connectivity index (χ0) is 25.9. The third-order valence-electron chi connectivity index (χ3n) is 7.15. The zero-order valence-electron chi connectivity index (χ0n) is 20.8. The van der Waals surface area contributed by atoms with Crippen LogP contribution in [0.4, 0.5) is 14.9 Å². The summed E-state index contributed by atoms with van der Waals surface area (Å²) in [6.07, 6.45) is 4.19. The predicted octanol–water partition coefficient (Wildman–Crippen LogP) is 3.91. The smallest absolute Gasteiger partial charge is 0.321 e. The van der Waals surface area contributed by atoms with Gasteiger partial charge < -0.3 is 20.0 Å². The lowest BCUT2D eigenvalue weighted by molar-refractivity contribution is 0.140. The number of anilines is 1. The van der Waals surface area contributed by atoms with Crippen molar-refractivity contribution in [1.29, 1.82) is 0 Å². The Morgan fingerprint density at radius 1 is 1.14 bits per heavy atom. The van der Waals surface area contributed by atoms with E-state index < -0.39 is 15.7 Å². The maximum atomic E-state index is 13.6. The molecule has 0 spiro atoms. The van der Waals surface area contributed by atoms with Crippen LogP contribution in [0.15, 0.2) is 41.3 Å². The summed E-state index contributed by atoms with van der Waals surface area (Å²) in [4.78, 5) is 20.3. The van der Waals surface area contributed by atoms with Crippen molar-refractivity contribution in [3.05, 3.63) is 58.4 Å². The monoisotopic (exact) mass is 536 g/mol. The highest BCUT2D eigenvalue weighted by Crippen LogP contribution is 2.28. The number of fused-ring (bicyclic) bond motifs is 1. The van der Waals surface area contributed by atoms with Gasteiger partial charge in [0.2, 0.25) is 0 Å². The van der Waals surface area contributed by atoms with Crippen LogP contribution in [0.5, 0.6) is 0 Å². The number of carbonyl (C=O) groups is 1. The van der Waals surface area contributed by atoms with Crippen LogP contribution in [-0.2, 0) is 22.7 Å². The van der Waals surface area contributed by atoms with Gasteiger partial charge in [-0.25, -0.2) is 17.6 Å². The van der Waals surface area contributed by atoms with Crippen molar-refractivity contribution in [3.63, 3.8) is 0 Å². The van der Waals surface area contributed by atoms with E-state index in [1.807, 2.05) is 11.0 Å². The van der Waals surface area contributed by atoms with Gasteiger partial charge in [0, 0.05) is 50.7 Å². The van der Waals surface area contributed by atoms with Crippen LogP contribution in [0.2, 0.25) is 5.02 Å². The quantitative estimate of drug-likeness (QED) is 0.581. The minimum Gasteiger partial charge on any atom is -0.321 e. The number of nitrogens with zero attached hydrogens (tertiary/aromatic N) is 3. The Labute approximate surface area is 218 Å². The van der Waals surface area contributed by atoms with E-state index in [2.05, 4.69) is 22.2 Å². The fourth-order valence-corrected chi connectivity index (χ4v) is 5.82. The molecule has 196 valence electrons. The third-order valence-corrected chi connectivity index (χ3v) is 8.55. The molecule has 1 N–H and O–H groups in total. The van der Waals surface area contributed by atoms with Gasteiger partial charge in [0.05, 0.1) is 9.92 Å². The standard InChI is InChI=1S/C26H34ClFN4O3S/c1-30-12-14-31(15-13-30)10-3-11-32(26(33)29-21-6-9-25(28)24(27)18-21)22-7-4-19-5-8-23(36(2,34)35)17-20(19)16-22/h5-6,8-9,17-18,22H,3-4,7,10-16H2,1-2H3,(H,29,33). The van der Waals surface area contributed by atoms with Crippen molar-refractivity contribution < 1.29 is 17.6 Å². The highest BCUT2D eigenvalue weighted by molar-refractivity contribution is 7.90. The van der Waals surface area contributed by atoms with E-state index in [0.717, 1.165) is 63.1 Å². The summed E-state index contributed by atoms with van der Waals surface area (Å²) >= 11 is 5.92. The molecule has 0 aromatic heterocycles. The summed E-state index contributed by atoms with van der Waals surface area (Å²) < 4.78 is 37.8. The summed E-state index contributed by atoms with van der Waals surface area (Å²) in [5.74, 6) is -0.538. The number of hydrogen-bond acceptors (Lipinski definition) is 5. The first kappa shape index (κ1) is 26.9. The number of rotatable bonds is 7. The molecule has 1 fully saturated rings. The fourth-order valence-electron chi connectivity index (χ4n) is 4.97. The Morgan fingerprint density at radius 3 is 2.58 bits per heavy atom. The van der Waals surface area contributed by atoms with Gasteiger partial charge in [0.15, 0.2) is 9.84 Å². The second-order valence-electron chi connectivity index (χ2n) is 9.85. The molecular formula is C26H34ClFN4O3S. The summed E-state index contributed by atoms with van der Waals surface area (Å²) in [5, 5.41) is 2.83. The van der Waals surface area contributed by atoms with Crippen LogP contribution in [0.3, 0.4) is 0 Å². The molecule has 36 heavy (non-hydrogen) atoms. The van der Waals surface area contributed by atoms with Gasteiger partial charge in [0.25, 0.3) is 0 Å². The minimum atomic E-state index is -3.31. The molecule has 0 saturated carbocycles. The summed E-state index contributed by atoms with van der Waals surface area (Å²) in [7, 11) is -1.19. The van der Waals surface area contributed by atoms with Gasteiger partial charge >= 0.3 is 6.03 Å². The number of piperazine rings is 1. The van der Waals surface area contributed by atoms with Gasteiger partial charge in [0.1, 0.15) is 5.82 Å². The lowest BCUT2D eigenvalue weighted by Gasteiger charge is -2.37. The van der Waals surface area contributed by atoms with Crippen molar-refractivity contribution in [3.8, 4) is 0 Å². The number of aryl methyl sites for hydroxylation is 1. The maximum absolute atomic E-state index is 13.6. The highest BCUT2D eigenvalue weighted by Gasteiger charge is 2.29. The molecule has 10 heteroatoms. The van der Waals surface area contributed by atoms with Crippen molar-refractivity contribution in [2.45, 2.75) is 36.6 Å². The van der Waals surface area contributed by atoms with Gasteiger partial charge in [-0.05, 0) is 80.7 Å². The van der Waals surface area contributed by atoms with E-state index in [4.69, 9.17) is 11.6 Å². The number of likely N-dealkylation sites (N-methyl/N-ethyl adjacent to an activating group) is 1. The normalized spacial score (nSPS) is 19.1. The number of amides is 2. The molecule has 2 aromatic rings. The molecule has 1 unspecified atom stereocenters. The van der Waals surface area contributed by atoms with E-state index in [1.54, 1.807) is 12.1 Å². The van der Waals surface area contributed by atoms with Crippen LogP contribution < -0.4 is 5.32 Å². The van der Waals surface area contributed by atoms with E-state index in [-0.39, 0.29) is 17.1 Å². The molecule has 2 aromatic carbocycles. The fraction of sp³-hybridized carbons (Fsp3) is 0.500. The molecular weight excluding hydrogens is 503 g/mol. The molecule has 7 nitrogen and oxygen atoms in total. The first-order valence-corrected chi connectivity index (χ1v) is 14.6. The number of benzene rings is 2. The van der Waals surface area contributed by atoms with E-state index >= 15 is 0 Å². The van der Waals surface area contributed by atoms with E-state index in [1.165, 1.54) is 24.5 Å². The number of carbonyl (C=O) groups excluding carboxylic acids is 1. The number of hydrogen-bond donors (Lipinski definition) is 1.